The molecular formula is C26H32N6O2. The number of nitrogens with zero attached hydrogens (tertiary/aromatic N) is 5. The van der Waals surface area contributed by atoms with Gasteiger partial charge in [0.2, 0.25) is 5.88 Å². The number of aromatic hydroxyl groups is 1. The van der Waals surface area contributed by atoms with E-state index in [-0.39, 0.29) is 5.75 Å². The Morgan fingerprint density at radius 2 is 1.97 bits per heavy atom. The Hall–Kier alpha value is -3.55. The summed E-state index contributed by atoms with van der Waals surface area (Å²) in [7, 11) is 0. The van der Waals surface area contributed by atoms with E-state index >= 15 is 0 Å². The van der Waals surface area contributed by atoms with Crippen LogP contribution in [-0.2, 0) is 0 Å². The second-order valence-corrected chi connectivity index (χ2v) is 9.12. The third-order valence-corrected chi connectivity index (χ3v) is 6.82. The minimum atomic E-state index is 0.179. The number of ether oxygens (including phenoxy) is 1. The minimum Gasteiger partial charge on any atom is -0.507 e. The predicted octanol–water partition coefficient (Wildman–Crippen LogP) is 4.25. The van der Waals surface area contributed by atoms with Crippen molar-refractivity contribution in [3.8, 4) is 22.9 Å². The molecular weight excluding hydrogens is 428 g/mol. The number of hydrogen-bond donors (Lipinski definition) is 2. The highest BCUT2D eigenvalue weighted by Crippen LogP contribution is 2.34. The number of para-hydroxylation sites is 1. The molecule has 3 aromatic rings. The normalized spacial score (nSPS) is 18.6. The zero-order valence-corrected chi connectivity index (χ0v) is 19.6. The van der Waals surface area contributed by atoms with Crippen molar-refractivity contribution in [3.05, 3.63) is 48.7 Å². The van der Waals surface area contributed by atoms with Crippen molar-refractivity contribution in [2.24, 2.45) is 0 Å². The van der Waals surface area contributed by atoms with Crippen LogP contribution in [0.15, 0.2) is 48.7 Å². The fraction of sp³-hybridized carbons (Fsp3) is 0.423. The van der Waals surface area contributed by atoms with Crippen molar-refractivity contribution in [1.82, 2.24) is 15.2 Å². The Balaban J connectivity index is 1.37. The van der Waals surface area contributed by atoms with Crippen molar-refractivity contribution in [2.45, 2.75) is 51.2 Å². The molecule has 1 atom stereocenters. The van der Waals surface area contributed by atoms with Gasteiger partial charge in [-0.2, -0.15) is 0 Å². The van der Waals surface area contributed by atoms with Gasteiger partial charge in [0, 0.05) is 49.2 Å². The first kappa shape index (κ1) is 22.3. The van der Waals surface area contributed by atoms with Crippen molar-refractivity contribution < 1.29 is 9.84 Å². The van der Waals surface area contributed by atoms with Crippen LogP contribution >= 0.6 is 0 Å². The van der Waals surface area contributed by atoms with Gasteiger partial charge in [-0.3, -0.25) is 0 Å². The van der Waals surface area contributed by atoms with Crippen LogP contribution in [-0.4, -0.2) is 52.1 Å². The quantitative estimate of drug-likeness (QED) is 0.540. The van der Waals surface area contributed by atoms with Gasteiger partial charge >= 0.3 is 0 Å². The van der Waals surface area contributed by atoms with Crippen LogP contribution in [0.4, 0.5) is 17.2 Å². The SMILES string of the molecule is CCCC1CN(c2cc(-c3ccccc3O)nnc2N)CCN1c1ccnc(OC2CCC2)c1. The lowest BCUT2D eigenvalue weighted by atomic mass is 9.96. The topological polar surface area (TPSA) is 101 Å². The zero-order valence-electron chi connectivity index (χ0n) is 19.6. The van der Waals surface area contributed by atoms with E-state index in [0.29, 0.717) is 29.2 Å². The van der Waals surface area contributed by atoms with Crippen molar-refractivity contribution >= 4 is 17.2 Å². The fourth-order valence-electron chi connectivity index (χ4n) is 4.76. The van der Waals surface area contributed by atoms with Gasteiger partial charge in [0.15, 0.2) is 5.82 Å². The first-order chi connectivity index (χ1) is 16.6. The number of aromatic nitrogens is 3. The molecule has 0 bridgehead atoms. The van der Waals surface area contributed by atoms with Crippen LogP contribution in [0.25, 0.3) is 11.3 Å². The summed E-state index contributed by atoms with van der Waals surface area (Å²) in [5.41, 5.74) is 9.54. The molecule has 3 heterocycles. The summed E-state index contributed by atoms with van der Waals surface area (Å²) in [5.74, 6) is 1.30. The van der Waals surface area contributed by atoms with Crippen molar-refractivity contribution in [1.29, 1.82) is 0 Å². The van der Waals surface area contributed by atoms with E-state index in [4.69, 9.17) is 10.5 Å². The molecule has 1 aromatic carbocycles. The Kier molecular flexibility index (Phi) is 6.38. The van der Waals surface area contributed by atoms with Crippen LogP contribution in [0, 0.1) is 0 Å². The smallest absolute Gasteiger partial charge is 0.215 e. The monoisotopic (exact) mass is 460 g/mol. The molecule has 1 saturated carbocycles. The number of piperazine rings is 1. The molecule has 2 aliphatic rings. The van der Waals surface area contributed by atoms with E-state index in [1.165, 1.54) is 6.42 Å². The van der Waals surface area contributed by atoms with Gasteiger partial charge in [-0.1, -0.05) is 25.5 Å². The molecule has 8 heteroatoms. The molecule has 8 nitrogen and oxygen atoms in total. The van der Waals surface area contributed by atoms with Gasteiger partial charge in [0.1, 0.15) is 11.9 Å². The highest BCUT2D eigenvalue weighted by atomic mass is 16.5. The second-order valence-electron chi connectivity index (χ2n) is 9.12. The molecule has 34 heavy (non-hydrogen) atoms. The van der Waals surface area contributed by atoms with E-state index in [1.54, 1.807) is 12.1 Å². The molecule has 3 N–H and O–H groups in total. The molecule has 178 valence electrons. The average molecular weight is 461 g/mol. The number of pyridine rings is 1. The summed E-state index contributed by atoms with van der Waals surface area (Å²) >= 11 is 0. The minimum absolute atomic E-state index is 0.179. The van der Waals surface area contributed by atoms with Gasteiger partial charge in [-0.15, -0.1) is 10.2 Å². The van der Waals surface area contributed by atoms with Crippen LogP contribution in [0.1, 0.15) is 39.0 Å². The summed E-state index contributed by atoms with van der Waals surface area (Å²) < 4.78 is 6.05. The predicted molar refractivity (Wildman–Crippen MR) is 134 cm³/mol. The maximum atomic E-state index is 10.3. The molecule has 1 aliphatic carbocycles. The summed E-state index contributed by atoms with van der Waals surface area (Å²) in [6.07, 6.45) is 7.78. The molecule has 1 saturated heterocycles. The number of anilines is 3. The van der Waals surface area contributed by atoms with E-state index in [0.717, 1.165) is 62.6 Å². The first-order valence-electron chi connectivity index (χ1n) is 12.2. The van der Waals surface area contributed by atoms with E-state index in [1.807, 2.05) is 24.4 Å². The number of phenols is 1. The molecule has 5 rings (SSSR count). The Bertz CT molecular complexity index is 1140. The zero-order chi connectivity index (χ0) is 23.5. The highest BCUT2D eigenvalue weighted by molar-refractivity contribution is 5.74. The van der Waals surface area contributed by atoms with Crippen LogP contribution in [0.2, 0.25) is 0 Å². The number of nitrogens with two attached hydrogens (primary N) is 1. The van der Waals surface area contributed by atoms with Crippen LogP contribution < -0.4 is 20.3 Å². The number of rotatable bonds is 7. The van der Waals surface area contributed by atoms with Gasteiger partial charge in [0.05, 0.1) is 11.4 Å². The Morgan fingerprint density at radius 3 is 2.74 bits per heavy atom. The maximum Gasteiger partial charge on any atom is 0.215 e. The summed E-state index contributed by atoms with van der Waals surface area (Å²) in [6.45, 7) is 4.70. The molecule has 2 fully saturated rings. The fourth-order valence-corrected chi connectivity index (χ4v) is 4.76. The van der Waals surface area contributed by atoms with E-state index in [2.05, 4.69) is 44.0 Å². The second kappa shape index (κ2) is 9.75. The number of phenolic OH excluding ortho intramolecular Hbond substituents is 1. The average Bonchev–Trinajstić information content (AvgIpc) is 2.83. The molecule has 1 aliphatic heterocycles. The van der Waals surface area contributed by atoms with Gasteiger partial charge < -0.3 is 25.4 Å². The molecule has 1 unspecified atom stereocenters. The first-order valence-corrected chi connectivity index (χ1v) is 12.2. The number of nitrogen functional groups attached to an aromatic ring is 1. The summed E-state index contributed by atoms with van der Waals surface area (Å²) in [6, 6.07) is 13.6. The van der Waals surface area contributed by atoms with Gasteiger partial charge in [-0.25, -0.2) is 4.98 Å². The lowest BCUT2D eigenvalue weighted by Crippen LogP contribution is -2.53. The van der Waals surface area contributed by atoms with Gasteiger partial charge in [-0.05, 0) is 49.9 Å². The van der Waals surface area contributed by atoms with E-state index in [9.17, 15) is 5.11 Å². The number of hydrogen-bond acceptors (Lipinski definition) is 8. The van der Waals surface area contributed by atoms with Crippen LogP contribution in [0.3, 0.4) is 0 Å². The van der Waals surface area contributed by atoms with E-state index < -0.39 is 0 Å². The maximum absolute atomic E-state index is 10.3. The largest absolute Gasteiger partial charge is 0.507 e. The van der Waals surface area contributed by atoms with Gasteiger partial charge in [0.25, 0.3) is 0 Å². The molecule has 0 radical (unpaired) electrons. The lowest BCUT2D eigenvalue weighted by Gasteiger charge is -2.44. The summed E-state index contributed by atoms with van der Waals surface area (Å²) in [4.78, 5) is 9.19. The molecule has 2 aromatic heterocycles. The standard InChI is InChI=1S/C26H32N6O2/c1-2-6-19-17-31(23-16-22(29-30-26(23)27)21-9-3-4-10-24(21)33)13-14-32(19)18-11-12-28-25(15-18)34-20-7-5-8-20/h3-4,9-12,15-16,19-20,33H,2,5-8,13-14,17H2,1H3,(H2,27,30). The Labute approximate surface area is 200 Å². The third-order valence-electron chi connectivity index (χ3n) is 6.82. The third kappa shape index (κ3) is 4.58. The Morgan fingerprint density at radius 1 is 1.12 bits per heavy atom. The highest BCUT2D eigenvalue weighted by Gasteiger charge is 2.29. The summed E-state index contributed by atoms with van der Waals surface area (Å²) in [5, 5.41) is 18.7. The van der Waals surface area contributed by atoms with Crippen molar-refractivity contribution in [3.63, 3.8) is 0 Å². The molecule has 0 amide bonds. The van der Waals surface area contributed by atoms with Crippen molar-refractivity contribution in [2.75, 3.05) is 35.2 Å². The molecule has 0 spiro atoms. The van der Waals surface area contributed by atoms with Crippen LogP contribution in [0.5, 0.6) is 11.6 Å². The lowest BCUT2D eigenvalue weighted by molar-refractivity contribution is 0.114. The number of benzene rings is 1.